The predicted molar refractivity (Wildman–Crippen MR) is 68.0 cm³/mol. The third-order valence-electron chi connectivity index (χ3n) is 2.43. The van der Waals surface area contributed by atoms with Gasteiger partial charge in [0.1, 0.15) is 0 Å². The van der Waals surface area contributed by atoms with Crippen LogP contribution in [0.5, 0.6) is 0 Å². The molecule has 0 atom stereocenters. The molecule has 0 aliphatic heterocycles. The fraction of sp³-hybridized carbons (Fsp3) is 0.818. The van der Waals surface area contributed by atoms with Gasteiger partial charge in [-0.15, -0.1) is 0 Å². The molecule has 0 aliphatic rings. The van der Waals surface area contributed by atoms with Crippen molar-refractivity contribution in [3.8, 4) is 0 Å². The van der Waals surface area contributed by atoms with Crippen molar-refractivity contribution in [2.45, 2.75) is 32.2 Å². The minimum absolute atomic E-state index is 0.852. The highest BCUT2D eigenvalue weighted by molar-refractivity contribution is 6.52. The molecule has 84 valence electrons. The third kappa shape index (κ3) is 6.35. The van der Waals surface area contributed by atoms with Crippen molar-refractivity contribution in [1.82, 2.24) is 9.13 Å². The number of unbranched alkanes of at least 4 members (excludes halogenated alkanes) is 2. The van der Waals surface area contributed by atoms with Crippen molar-refractivity contribution < 1.29 is 0 Å². The third-order valence-corrected chi connectivity index (χ3v) is 5.51. The maximum Gasteiger partial charge on any atom is 0.192 e. The minimum atomic E-state index is -0.852. The van der Waals surface area contributed by atoms with E-state index in [1.54, 1.807) is 0 Å². The summed E-state index contributed by atoms with van der Waals surface area (Å²) in [4.78, 5) is 0. The molecule has 0 unspecified atom stereocenters. The zero-order valence-electron chi connectivity index (χ0n) is 10.5. The summed E-state index contributed by atoms with van der Waals surface area (Å²) in [5, 5.41) is 0. The largest absolute Gasteiger partial charge is 0.319 e. The lowest BCUT2D eigenvalue weighted by Gasteiger charge is -2.27. The summed E-state index contributed by atoms with van der Waals surface area (Å²) in [5.74, 6) is 0. The topological polar surface area (TPSA) is 6.48 Å². The number of allylic oxidation sites excluding steroid dienone is 2. The summed E-state index contributed by atoms with van der Waals surface area (Å²) in [5.41, 5.74) is 0. The highest BCUT2D eigenvalue weighted by Gasteiger charge is 2.13. The van der Waals surface area contributed by atoms with E-state index < -0.39 is 9.12 Å². The molecule has 0 aromatic heterocycles. The standard InChI is InChI=1S/C11H26N2Si/c1-6-7-8-9-10-11-14(12(2)3)13(4)5/h9-10,14H,6-8,11H2,1-5H3. The molecular weight excluding hydrogens is 188 g/mol. The number of nitrogens with zero attached hydrogens (tertiary/aromatic N) is 2. The summed E-state index contributed by atoms with van der Waals surface area (Å²) in [7, 11) is 7.91. The summed E-state index contributed by atoms with van der Waals surface area (Å²) in [6.45, 7) is 2.24. The Labute approximate surface area is 91.4 Å². The van der Waals surface area contributed by atoms with Crippen LogP contribution in [0.25, 0.3) is 0 Å². The molecule has 0 radical (unpaired) electrons. The van der Waals surface area contributed by atoms with Crippen LogP contribution >= 0.6 is 0 Å². The molecule has 0 fully saturated rings. The molecule has 0 saturated carbocycles. The Hall–Kier alpha value is -0.123. The molecule has 0 saturated heterocycles. The van der Waals surface area contributed by atoms with E-state index in [0.29, 0.717) is 0 Å². The second kappa shape index (κ2) is 8.21. The molecule has 0 N–H and O–H groups in total. The van der Waals surface area contributed by atoms with Gasteiger partial charge in [-0.25, -0.2) is 0 Å². The van der Waals surface area contributed by atoms with E-state index in [4.69, 9.17) is 0 Å². The Morgan fingerprint density at radius 1 is 1.00 bits per heavy atom. The van der Waals surface area contributed by atoms with Gasteiger partial charge in [0.15, 0.2) is 9.12 Å². The van der Waals surface area contributed by atoms with Crippen LogP contribution in [-0.4, -0.2) is 46.4 Å². The monoisotopic (exact) mass is 214 g/mol. The molecule has 0 amide bonds. The van der Waals surface area contributed by atoms with Gasteiger partial charge in [-0.3, -0.25) is 0 Å². The highest BCUT2D eigenvalue weighted by Crippen LogP contribution is 2.02. The SMILES string of the molecule is CCCCC=CC[SiH](N(C)C)N(C)C. The van der Waals surface area contributed by atoms with Crippen molar-refractivity contribution in [3.63, 3.8) is 0 Å². The van der Waals surface area contributed by atoms with Gasteiger partial charge in [-0.2, -0.15) is 0 Å². The van der Waals surface area contributed by atoms with Crippen LogP contribution in [0.2, 0.25) is 6.04 Å². The molecule has 0 rings (SSSR count). The Bertz CT molecular complexity index is 147. The zero-order chi connectivity index (χ0) is 11.0. The number of rotatable bonds is 7. The maximum atomic E-state index is 2.39. The van der Waals surface area contributed by atoms with Crippen LogP contribution in [0, 0.1) is 0 Å². The van der Waals surface area contributed by atoms with E-state index in [1.807, 2.05) is 0 Å². The van der Waals surface area contributed by atoms with Gasteiger partial charge in [0.2, 0.25) is 0 Å². The average molecular weight is 214 g/mol. The van der Waals surface area contributed by atoms with Gasteiger partial charge in [0.05, 0.1) is 0 Å². The molecule has 2 nitrogen and oxygen atoms in total. The van der Waals surface area contributed by atoms with Gasteiger partial charge >= 0.3 is 0 Å². The van der Waals surface area contributed by atoms with Crippen LogP contribution in [-0.2, 0) is 0 Å². The lowest BCUT2D eigenvalue weighted by Crippen LogP contribution is -2.44. The Kier molecular flexibility index (Phi) is 8.13. The second-order valence-electron chi connectivity index (χ2n) is 4.26. The van der Waals surface area contributed by atoms with E-state index in [0.717, 1.165) is 0 Å². The first kappa shape index (κ1) is 13.9. The van der Waals surface area contributed by atoms with Gasteiger partial charge in [0, 0.05) is 0 Å². The summed E-state index contributed by atoms with van der Waals surface area (Å²) < 4.78 is 4.79. The van der Waals surface area contributed by atoms with E-state index in [-0.39, 0.29) is 0 Å². The van der Waals surface area contributed by atoms with Gasteiger partial charge in [-0.05, 0) is 40.7 Å². The van der Waals surface area contributed by atoms with Crippen LogP contribution in [0.1, 0.15) is 26.2 Å². The van der Waals surface area contributed by atoms with Crippen LogP contribution in [0.15, 0.2) is 12.2 Å². The second-order valence-corrected chi connectivity index (χ2v) is 7.76. The Morgan fingerprint density at radius 2 is 1.57 bits per heavy atom. The van der Waals surface area contributed by atoms with Crippen LogP contribution in [0.4, 0.5) is 0 Å². The van der Waals surface area contributed by atoms with E-state index >= 15 is 0 Å². The van der Waals surface area contributed by atoms with Crippen molar-refractivity contribution in [2.75, 3.05) is 28.2 Å². The van der Waals surface area contributed by atoms with E-state index in [9.17, 15) is 0 Å². The van der Waals surface area contributed by atoms with Gasteiger partial charge in [-0.1, -0.05) is 31.9 Å². The first-order valence-corrected chi connectivity index (χ1v) is 7.42. The van der Waals surface area contributed by atoms with Crippen molar-refractivity contribution in [1.29, 1.82) is 0 Å². The summed E-state index contributed by atoms with van der Waals surface area (Å²) in [6, 6.07) is 1.25. The maximum absolute atomic E-state index is 2.39. The number of hydrogen-bond donors (Lipinski definition) is 0. The quantitative estimate of drug-likeness (QED) is 0.364. The Balaban J connectivity index is 3.76. The fourth-order valence-corrected chi connectivity index (χ4v) is 3.74. The molecular formula is C11H26N2Si. The van der Waals surface area contributed by atoms with Crippen molar-refractivity contribution in [3.05, 3.63) is 12.2 Å². The smallest absolute Gasteiger partial charge is 0.192 e. The molecule has 0 aromatic rings. The lowest BCUT2D eigenvalue weighted by molar-refractivity contribution is 0.518. The minimum Gasteiger partial charge on any atom is -0.319 e. The Morgan fingerprint density at radius 3 is 2.00 bits per heavy atom. The molecule has 0 aromatic carbocycles. The van der Waals surface area contributed by atoms with Crippen molar-refractivity contribution in [2.24, 2.45) is 0 Å². The molecule has 3 heteroatoms. The van der Waals surface area contributed by atoms with Crippen LogP contribution < -0.4 is 0 Å². The van der Waals surface area contributed by atoms with E-state index in [1.165, 1.54) is 25.3 Å². The van der Waals surface area contributed by atoms with Crippen molar-refractivity contribution >= 4 is 9.12 Å². The van der Waals surface area contributed by atoms with E-state index in [2.05, 4.69) is 56.4 Å². The molecule has 0 spiro atoms. The molecule has 0 aliphatic carbocycles. The molecule has 0 heterocycles. The van der Waals surface area contributed by atoms with Crippen LogP contribution in [0.3, 0.4) is 0 Å². The number of hydrogen-bond acceptors (Lipinski definition) is 2. The average Bonchev–Trinajstić information content (AvgIpc) is 2.09. The fourth-order valence-electron chi connectivity index (χ4n) is 1.54. The van der Waals surface area contributed by atoms with Gasteiger partial charge < -0.3 is 9.13 Å². The summed E-state index contributed by atoms with van der Waals surface area (Å²) >= 11 is 0. The lowest BCUT2D eigenvalue weighted by atomic mass is 10.2. The molecule has 14 heavy (non-hydrogen) atoms. The first-order chi connectivity index (χ1) is 6.59. The molecule has 0 bridgehead atoms. The highest BCUT2D eigenvalue weighted by atomic mass is 28.3. The first-order valence-electron chi connectivity index (χ1n) is 5.57. The predicted octanol–water partition coefficient (Wildman–Crippen LogP) is 2.08. The summed E-state index contributed by atoms with van der Waals surface area (Å²) in [6.07, 6.45) is 8.58. The normalized spacial score (nSPS) is 12.6. The van der Waals surface area contributed by atoms with Gasteiger partial charge in [0.25, 0.3) is 0 Å². The zero-order valence-corrected chi connectivity index (χ0v) is 11.6.